The van der Waals surface area contributed by atoms with Crippen LogP contribution >= 0.6 is 11.9 Å². The minimum atomic E-state index is -3.59. The second-order valence-corrected chi connectivity index (χ2v) is 14.2. The molecule has 38 heavy (non-hydrogen) atoms. The van der Waals surface area contributed by atoms with Gasteiger partial charge in [-0.05, 0) is 75.2 Å². The Morgan fingerprint density at radius 3 is 2.29 bits per heavy atom. The number of aryl methyl sites for hydroxylation is 1. The average Bonchev–Trinajstić information content (AvgIpc) is 2.84. The first-order chi connectivity index (χ1) is 17.6. The molecular weight excluding hydrogens is 530 g/mol. The number of hydrogen-bond donors (Lipinski definition) is 1. The smallest absolute Gasteiger partial charge is 0.250 e. The summed E-state index contributed by atoms with van der Waals surface area (Å²) in [5.74, 6) is -2.63. The number of ketones is 1. The van der Waals surface area contributed by atoms with Gasteiger partial charge in [-0.2, -0.15) is 0 Å². The molecule has 0 bridgehead atoms. The first kappa shape index (κ1) is 29.7. The molecule has 6 nitrogen and oxygen atoms in total. The zero-order valence-corrected chi connectivity index (χ0v) is 23.9. The molecule has 2 aromatic carbocycles. The molecule has 1 heterocycles. The van der Waals surface area contributed by atoms with E-state index in [0.717, 1.165) is 18.2 Å². The van der Waals surface area contributed by atoms with Crippen molar-refractivity contribution < 1.29 is 22.0 Å². The van der Waals surface area contributed by atoms with Crippen LogP contribution in [0.5, 0.6) is 0 Å². The van der Waals surface area contributed by atoms with E-state index in [9.17, 15) is 22.4 Å². The van der Waals surface area contributed by atoms with Gasteiger partial charge in [-0.25, -0.2) is 17.2 Å². The van der Waals surface area contributed by atoms with Crippen LogP contribution in [0.3, 0.4) is 0 Å². The van der Waals surface area contributed by atoms with Crippen LogP contribution in [0, 0.1) is 11.6 Å². The third kappa shape index (κ3) is 7.18. The van der Waals surface area contributed by atoms with Crippen LogP contribution in [0.4, 0.5) is 8.78 Å². The number of nitrogens with one attached hydrogen (secondary N) is 1. The third-order valence-corrected chi connectivity index (χ3v) is 8.63. The quantitative estimate of drug-likeness (QED) is 0.270. The topological polar surface area (TPSA) is 85.2 Å². The van der Waals surface area contributed by atoms with Crippen molar-refractivity contribution in [3.8, 4) is 11.1 Å². The Kier molecular flexibility index (Phi) is 9.00. The van der Waals surface area contributed by atoms with Crippen LogP contribution in [0.25, 0.3) is 11.1 Å². The normalized spacial score (nSPS) is 12.9. The van der Waals surface area contributed by atoms with Crippen LogP contribution in [-0.2, 0) is 22.6 Å². The van der Waals surface area contributed by atoms with Gasteiger partial charge < -0.3 is 4.57 Å². The maximum atomic E-state index is 15.3. The zero-order chi connectivity index (χ0) is 28.4. The van der Waals surface area contributed by atoms with Gasteiger partial charge in [0.05, 0.1) is 5.75 Å². The van der Waals surface area contributed by atoms with E-state index in [1.807, 2.05) is 27.7 Å². The number of carbonyl (C=O) groups excluding carboxylic acids is 1. The number of sulfone groups is 1. The van der Waals surface area contributed by atoms with Gasteiger partial charge in [0, 0.05) is 58.1 Å². The second-order valence-electron chi connectivity index (χ2n) is 10.1. The van der Waals surface area contributed by atoms with Crippen molar-refractivity contribution in [3.05, 3.63) is 92.9 Å². The summed E-state index contributed by atoms with van der Waals surface area (Å²) in [4.78, 5) is 26.2. The van der Waals surface area contributed by atoms with Gasteiger partial charge in [-0.1, -0.05) is 18.9 Å². The molecule has 0 amide bonds. The predicted octanol–water partition coefficient (Wildman–Crippen LogP) is 5.59. The molecule has 10 heteroatoms. The molecule has 0 aliphatic carbocycles. The van der Waals surface area contributed by atoms with E-state index in [0.29, 0.717) is 11.1 Å². The zero-order valence-electron chi connectivity index (χ0n) is 22.3. The van der Waals surface area contributed by atoms with Gasteiger partial charge in [0.25, 0.3) is 5.56 Å². The van der Waals surface area contributed by atoms with Crippen LogP contribution in [0.15, 0.2) is 53.5 Å². The Hall–Kier alpha value is -2.82. The molecule has 0 radical (unpaired) electrons. The molecule has 0 saturated carbocycles. The highest BCUT2D eigenvalue weighted by Gasteiger charge is 2.25. The summed E-state index contributed by atoms with van der Waals surface area (Å²) >= 11 is 1.48. The molecule has 0 aliphatic rings. The number of carbonyl (C=O) groups is 1. The molecule has 0 aliphatic heterocycles. The van der Waals surface area contributed by atoms with E-state index >= 15 is 4.39 Å². The van der Waals surface area contributed by atoms with Crippen LogP contribution in [0.2, 0.25) is 0 Å². The van der Waals surface area contributed by atoms with E-state index in [1.54, 1.807) is 13.2 Å². The summed E-state index contributed by atoms with van der Waals surface area (Å²) in [6, 6.07) is 8.38. The molecular formula is C28H32F2N2O4S2. The molecule has 3 rings (SSSR count). The van der Waals surface area contributed by atoms with Gasteiger partial charge >= 0.3 is 0 Å². The first-order valence-corrected chi connectivity index (χ1v) is 14.7. The summed E-state index contributed by atoms with van der Waals surface area (Å²) < 4.78 is 58.1. The molecule has 1 atom stereocenters. The monoisotopic (exact) mass is 562 g/mol. The van der Waals surface area contributed by atoms with Gasteiger partial charge in [-0.15, -0.1) is 0 Å². The fraction of sp³-hybridized carbons (Fsp3) is 0.357. The number of nitrogens with zero attached hydrogens (tertiary/aromatic N) is 1. The molecule has 1 N–H and O–H groups in total. The third-order valence-electron chi connectivity index (χ3n) is 5.91. The van der Waals surface area contributed by atoms with Crippen molar-refractivity contribution in [2.45, 2.75) is 51.2 Å². The second kappa shape index (κ2) is 11.5. The molecule has 0 spiro atoms. The number of pyridine rings is 1. The van der Waals surface area contributed by atoms with Crippen molar-refractivity contribution in [2.24, 2.45) is 7.05 Å². The number of halogens is 2. The lowest BCUT2D eigenvalue weighted by Gasteiger charge is -2.24. The van der Waals surface area contributed by atoms with Crippen molar-refractivity contribution >= 4 is 27.6 Å². The van der Waals surface area contributed by atoms with Gasteiger partial charge in [-0.3, -0.25) is 14.3 Å². The first-order valence-electron chi connectivity index (χ1n) is 12.1. The van der Waals surface area contributed by atoms with E-state index < -0.39 is 33.0 Å². The highest BCUT2D eigenvalue weighted by atomic mass is 32.2. The summed E-state index contributed by atoms with van der Waals surface area (Å²) in [5, 5.41) is 0. The number of hydrogen-bond acceptors (Lipinski definition) is 6. The molecule has 0 unspecified atom stereocenters. The average molecular weight is 563 g/mol. The lowest BCUT2D eigenvalue weighted by molar-refractivity contribution is 0.103. The van der Waals surface area contributed by atoms with E-state index in [2.05, 4.69) is 4.72 Å². The van der Waals surface area contributed by atoms with Crippen molar-refractivity contribution in [1.82, 2.24) is 9.29 Å². The van der Waals surface area contributed by atoms with Crippen molar-refractivity contribution in [1.29, 1.82) is 0 Å². The minimum absolute atomic E-state index is 0.0256. The fourth-order valence-electron chi connectivity index (χ4n) is 3.79. The van der Waals surface area contributed by atoms with Gasteiger partial charge in [0.2, 0.25) is 0 Å². The Morgan fingerprint density at radius 2 is 1.71 bits per heavy atom. The predicted molar refractivity (Wildman–Crippen MR) is 149 cm³/mol. The largest absolute Gasteiger partial charge is 0.318 e. The Morgan fingerprint density at radius 1 is 1.08 bits per heavy atom. The van der Waals surface area contributed by atoms with Gasteiger partial charge in [0.1, 0.15) is 11.6 Å². The van der Waals surface area contributed by atoms with Crippen LogP contribution in [-0.4, -0.2) is 29.3 Å². The number of rotatable bonds is 9. The maximum Gasteiger partial charge on any atom is 0.250 e. The van der Waals surface area contributed by atoms with Crippen LogP contribution in [0.1, 0.15) is 67.7 Å². The van der Waals surface area contributed by atoms with E-state index in [-0.39, 0.29) is 44.4 Å². The molecule has 0 saturated heterocycles. The van der Waals surface area contributed by atoms with Crippen LogP contribution < -0.4 is 10.3 Å². The number of aromatic nitrogens is 1. The summed E-state index contributed by atoms with van der Waals surface area (Å²) in [6.45, 7) is 9.43. The summed E-state index contributed by atoms with van der Waals surface area (Å²) in [7, 11) is -2.03. The van der Waals surface area contributed by atoms with Gasteiger partial charge in [0.15, 0.2) is 15.6 Å². The highest BCUT2D eigenvalue weighted by Crippen LogP contribution is 2.35. The van der Waals surface area contributed by atoms with E-state index in [4.69, 9.17) is 0 Å². The van der Waals surface area contributed by atoms with Crippen molar-refractivity contribution in [3.63, 3.8) is 0 Å². The Bertz CT molecular complexity index is 1510. The minimum Gasteiger partial charge on any atom is -0.318 e. The SMILES string of the molecule is CCS(=O)(=O)Cc1cc(-c2cn(C)c(=O)cc2[C@H](C)NSC(C)(C)C)c(C(=O)c2ccc(F)cc2)cc1F. The molecule has 204 valence electrons. The lowest BCUT2D eigenvalue weighted by atomic mass is 9.89. The molecule has 3 aromatic rings. The lowest BCUT2D eigenvalue weighted by Crippen LogP contribution is -2.24. The van der Waals surface area contributed by atoms with Crippen molar-refractivity contribution in [2.75, 3.05) is 5.75 Å². The Labute approximate surface area is 226 Å². The Balaban J connectivity index is 2.30. The molecule has 1 aromatic heterocycles. The summed E-state index contributed by atoms with van der Waals surface area (Å²) in [6.07, 6.45) is 1.56. The number of benzene rings is 2. The summed E-state index contributed by atoms with van der Waals surface area (Å²) in [5.41, 5.74) is 1.07. The maximum absolute atomic E-state index is 15.3. The fourth-order valence-corrected chi connectivity index (χ4v) is 5.35. The molecule has 0 fully saturated rings. The van der Waals surface area contributed by atoms with E-state index in [1.165, 1.54) is 47.7 Å². The highest BCUT2D eigenvalue weighted by molar-refractivity contribution is 7.98. The standard InChI is InChI=1S/C28H32F2N2O4S2/c1-7-38(35,36)16-19-12-22(23(13-25(19)30)27(34)18-8-10-20(29)11-9-18)24-15-32(6)26(33)14-21(24)17(2)31-37-28(3,4)5/h8-15,17,31H,7,16H2,1-6H3/t17-/m0/s1.